The van der Waals surface area contributed by atoms with Crippen molar-refractivity contribution in [2.75, 3.05) is 19.7 Å². The number of piperidine rings is 1. The third-order valence-corrected chi connectivity index (χ3v) is 6.26. The molecule has 3 heteroatoms. The van der Waals surface area contributed by atoms with Crippen LogP contribution in [0.25, 0.3) is 11.1 Å². The minimum Gasteiger partial charge on any atom is -0.508 e. The summed E-state index contributed by atoms with van der Waals surface area (Å²) in [7, 11) is 0. The van der Waals surface area contributed by atoms with Crippen LogP contribution in [-0.2, 0) is 6.54 Å². The van der Waals surface area contributed by atoms with Crippen molar-refractivity contribution in [3.63, 3.8) is 0 Å². The molecule has 2 N–H and O–H groups in total. The van der Waals surface area contributed by atoms with Crippen molar-refractivity contribution in [1.82, 2.24) is 4.90 Å². The molecule has 0 saturated carbocycles. The first kappa shape index (κ1) is 22.3. The highest BCUT2D eigenvalue weighted by molar-refractivity contribution is 5.98. The third-order valence-electron chi connectivity index (χ3n) is 6.26. The van der Waals surface area contributed by atoms with Gasteiger partial charge in [0.05, 0.1) is 0 Å². The second-order valence-electron chi connectivity index (χ2n) is 8.63. The van der Waals surface area contributed by atoms with Gasteiger partial charge in [0.15, 0.2) is 0 Å². The number of benzene rings is 3. The predicted octanol–water partition coefficient (Wildman–Crippen LogP) is 6.11. The van der Waals surface area contributed by atoms with Crippen LogP contribution in [0.1, 0.15) is 54.4 Å². The van der Waals surface area contributed by atoms with Crippen molar-refractivity contribution in [1.29, 1.82) is 0 Å². The quantitative estimate of drug-likeness (QED) is 0.426. The number of aliphatic hydroxyl groups excluding tert-OH is 1. The Morgan fingerprint density at radius 1 is 0.719 bits per heavy atom. The number of nitrogens with zero attached hydrogens (tertiary/aromatic N) is 1. The average molecular weight is 428 g/mol. The van der Waals surface area contributed by atoms with Gasteiger partial charge in [0.1, 0.15) is 5.75 Å². The van der Waals surface area contributed by atoms with E-state index in [1.165, 1.54) is 49.1 Å². The van der Waals surface area contributed by atoms with Gasteiger partial charge in [-0.3, -0.25) is 4.90 Å². The molecule has 32 heavy (non-hydrogen) atoms. The Bertz CT molecular complexity index is 1000. The van der Waals surface area contributed by atoms with Gasteiger partial charge in [-0.15, -0.1) is 0 Å². The standard InChI is InChI=1S/C29H33NO2/c31-21-7-10-28(24-8-3-1-4-9-24)29(26-15-17-27(32)18-16-26)25-13-11-23(12-14-25)22-30-19-5-2-6-20-30/h1,3-4,8-9,11-18,31-32H,2,5-7,10,19-22H2/b29-28+. The zero-order valence-corrected chi connectivity index (χ0v) is 18.7. The lowest BCUT2D eigenvalue weighted by Crippen LogP contribution is -2.29. The number of hydrogen-bond acceptors (Lipinski definition) is 3. The summed E-state index contributed by atoms with van der Waals surface area (Å²) in [6.45, 7) is 3.56. The summed E-state index contributed by atoms with van der Waals surface area (Å²) in [4.78, 5) is 2.55. The van der Waals surface area contributed by atoms with Crippen LogP contribution in [0.3, 0.4) is 0 Å². The topological polar surface area (TPSA) is 43.7 Å². The number of rotatable bonds is 8. The molecule has 1 fully saturated rings. The van der Waals surface area contributed by atoms with E-state index < -0.39 is 0 Å². The fraction of sp³-hybridized carbons (Fsp3) is 0.310. The van der Waals surface area contributed by atoms with Gasteiger partial charge >= 0.3 is 0 Å². The van der Waals surface area contributed by atoms with Gasteiger partial charge < -0.3 is 10.2 Å². The SMILES string of the molecule is OCCC/C(=C(\c1ccc(O)cc1)c1ccc(CN2CCCCC2)cc1)c1ccccc1. The largest absolute Gasteiger partial charge is 0.508 e. The number of likely N-dealkylation sites (tertiary alicyclic amines) is 1. The van der Waals surface area contributed by atoms with Gasteiger partial charge in [-0.2, -0.15) is 0 Å². The molecule has 0 aromatic heterocycles. The molecule has 1 aliphatic rings. The maximum atomic E-state index is 9.84. The smallest absolute Gasteiger partial charge is 0.115 e. The summed E-state index contributed by atoms with van der Waals surface area (Å²) in [5.41, 5.74) is 7.13. The first-order chi connectivity index (χ1) is 15.7. The molecule has 0 unspecified atom stereocenters. The molecule has 3 nitrogen and oxygen atoms in total. The Balaban J connectivity index is 1.74. The summed E-state index contributed by atoms with van der Waals surface area (Å²) < 4.78 is 0. The number of aliphatic hydroxyl groups is 1. The Labute approximate surface area is 191 Å². The zero-order valence-electron chi connectivity index (χ0n) is 18.7. The van der Waals surface area contributed by atoms with Crippen molar-refractivity contribution in [3.8, 4) is 5.75 Å². The number of allylic oxidation sites excluding steroid dienone is 1. The Kier molecular flexibility index (Phi) is 7.76. The molecule has 4 rings (SSSR count). The molecule has 1 saturated heterocycles. The van der Waals surface area contributed by atoms with E-state index in [1.54, 1.807) is 12.1 Å². The fourth-order valence-corrected chi connectivity index (χ4v) is 4.60. The van der Waals surface area contributed by atoms with Crippen molar-refractivity contribution < 1.29 is 10.2 Å². The van der Waals surface area contributed by atoms with Crippen LogP contribution < -0.4 is 0 Å². The Hall–Kier alpha value is -2.88. The van der Waals surface area contributed by atoms with Crippen LogP contribution >= 0.6 is 0 Å². The lowest BCUT2D eigenvalue weighted by Gasteiger charge is -2.26. The number of phenolic OH excluding ortho intramolecular Hbond substituents is 1. The highest BCUT2D eigenvalue weighted by Gasteiger charge is 2.15. The molecule has 3 aromatic rings. The van der Waals surface area contributed by atoms with Crippen LogP contribution in [0.2, 0.25) is 0 Å². The second kappa shape index (κ2) is 11.1. The maximum Gasteiger partial charge on any atom is 0.115 e. The number of aromatic hydroxyl groups is 1. The van der Waals surface area contributed by atoms with Crippen LogP contribution in [0, 0.1) is 0 Å². The monoisotopic (exact) mass is 427 g/mol. The van der Waals surface area contributed by atoms with Crippen molar-refractivity contribution in [2.24, 2.45) is 0 Å². The van der Waals surface area contributed by atoms with E-state index >= 15 is 0 Å². The van der Waals surface area contributed by atoms with Crippen molar-refractivity contribution in [2.45, 2.75) is 38.6 Å². The lowest BCUT2D eigenvalue weighted by molar-refractivity contribution is 0.221. The first-order valence-electron chi connectivity index (χ1n) is 11.7. The van der Waals surface area contributed by atoms with Gasteiger partial charge in [0.2, 0.25) is 0 Å². The molecule has 1 aliphatic heterocycles. The van der Waals surface area contributed by atoms with E-state index in [0.717, 1.165) is 29.7 Å². The molecule has 0 atom stereocenters. The lowest BCUT2D eigenvalue weighted by atomic mass is 9.87. The predicted molar refractivity (Wildman–Crippen MR) is 132 cm³/mol. The molecule has 1 heterocycles. The molecule has 166 valence electrons. The van der Waals surface area contributed by atoms with Crippen molar-refractivity contribution in [3.05, 3.63) is 101 Å². The summed E-state index contributed by atoms with van der Waals surface area (Å²) in [5, 5.41) is 19.4. The van der Waals surface area contributed by atoms with E-state index in [9.17, 15) is 10.2 Å². The summed E-state index contributed by atoms with van der Waals surface area (Å²) >= 11 is 0. The minimum absolute atomic E-state index is 0.161. The van der Waals surface area contributed by atoms with Gasteiger partial charge in [0, 0.05) is 13.2 Å². The van der Waals surface area contributed by atoms with E-state index in [-0.39, 0.29) is 12.4 Å². The highest BCUT2D eigenvalue weighted by atomic mass is 16.3. The highest BCUT2D eigenvalue weighted by Crippen LogP contribution is 2.36. The van der Waals surface area contributed by atoms with Crippen LogP contribution in [0.15, 0.2) is 78.9 Å². The first-order valence-corrected chi connectivity index (χ1v) is 11.7. The third kappa shape index (κ3) is 5.67. The van der Waals surface area contributed by atoms with E-state index in [0.29, 0.717) is 6.42 Å². The number of phenols is 1. The average Bonchev–Trinajstić information content (AvgIpc) is 2.84. The van der Waals surface area contributed by atoms with E-state index in [2.05, 4.69) is 53.4 Å². The van der Waals surface area contributed by atoms with E-state index in [4.69, 9.17) is 0 Å². The molecule has 0 spiro atoms. The summed E-state index contributed by atoms with van der Waals surface area (Å²) in [5.74, 6) is 0.265. The zero-order chi connectivity index (χ0) is 22.2. The molecule has 3 aromatic carbocycles. The van der Waals surface area contributed by atoms with Crippen LogP contribution in [0.4, 0.5) is 0 Å². The van der Waals surface area contributed by atoms with Crippen LogP contribution in [-0.4, -0.2) is 34.8 Å². The Morgan fingerprint density at radius 3 is 1.97 bits per heavy atom. The molecule has 0 bridgehead atoms. The van der Waals surface area contributed by atoms with E-state index in [1.807, 2.05) is 18.2 Å². The molecule has 0 amide bonds. The van der Waals surface area contributed by atoms with Gasteiger partial charge in [0.25, 0.3) is 0 Å². The maximum absolute atomic E-state index is 9.84. The molecule has 0 radical (unpaired) electrons. The summed E-state index contributed by atoms with van der Waals surface area (Å²) in [6, 6.07) is 26.8. The normalized spacial score (nSPS) is 15.4. The minimum atomic E-state index is 0.161. The van der Waals surface area contributed by atoms with Gasteiger partial charge in [-0.05, 0) is 84.3 Å². The number of hydrogen-bond donors (Lipinski definition) is 2. The molecular weight excluding hydrogens is 394 g/mol. The van der Waals surface area contributed by atoms with Crippen LogP contribution in [0.5, 0.6) is 5.75 Å². The Morgan fingerprint density at radius 2 is 1.34 bits per heavy atom. The van der Waals surface area contributed by atoms with Gasteiger partial charge in [-0.25, -0.2) is 0 Å². The molecule has 0 aliphatic carbocycles. The second-order valence-corrected chi connectivity index (χ2v) is 8.63. The van der Waals surface area contributed by atoms with Crippen molar-refractivity contribution >= 4 is 11.1 Å². The van der Waals surface area contributed by atoms with Gasteiger partial charge in [-0.1, -0.05) is 73.2 Å². The molecular formula is C29H33NO2. The fourth-order valence-electron chi connectivity index (χ4n) is 4.60. The summed E-state index contributed by atoms with van der Waals surface area (Å²) in [6.07, 6.45) is 5.45.